The van der Waals surface area contributed by atoms with E-state index >= 15 is 0 Å². The van der Waals surface area contributed by atoms with E-state index in [1.54, 1.807) is 6.07 Å². The topological polar surface area (TPSA) is 75.7 Å². The molecule has 9 heteroatoms. The van der Waals surface area contributed by atoms with E-state index in [1.807, 2.05) is 38.1 Å². The van der Waals surface area contributed by atoms with Crippen LogP contribution < -0.4 is 14.4 Å². The van der Waals surface area contributed by atoms with Gasteiger partial charge in [-0.2, -0.15) is 0 Å². The standard InChI is InChI=1S/C20H24Cl2N2O4S/c1-13(2)28-17-8-5-15(6-9-17)12-23-20(25)14(3)24(29(4,26)27)19-11-16(21)7-10-18(19)22/h5-11,13-14H,12H2,1-4H3,(H,23,25)/t14-/m0/s1. The van der Waals surface area contributed by atoms with Crippen molar-refractivity contribution < 1.29 is 17.9 Å². The van der Waals surface area contributed by atoms with E-state index in [0.717, 1.165) is 21.9 Å². The first-order valence-electron chi connectivity index (χ1n) is 8.97. The zero-order valence-electron chi connectivity index (χ0n) is 16.6. The van der Waals surface area contributed by atoms with Crippen LogP contribution in [0.3, 0.4) is 0 Å². The summed E-state index contributed by atoms with van der Waals surface area (Å²) in [5.41, 5.74) is 1.01. The van der Waals surface area contributed by atoms with Crippen LogP contribution in [-0.2, 0) is 21.4 Å². The average Bonchev–Trinajstić information content (AvgIpc) is 2.62. The van der Waals surface area contributed by atoms with Gasteiger partial charge >= 0.3 is 0 Å². The first kappa shape index (κ1) is 23.3. The molecule has 1 atom stereocenters. The van der Waals surface area contributed by atoms with Crippen molar-refractivity contribution in [2.75, 3.05) is 10.6 Å². The minimum atomic E-state index is -3.79. The maximum atomic E-state index is 12.7. The number of hydrogen-bond donors (Lipinski definition) is 1. The minimum Gasteiger partial charge on any atom is -0.491 e. The highest BCUT2D eigenvalue weighted by atomic mass is 35.5. The second-order valence-corrected chi connectivity index (χ2v) is 9.56. The molecule has 0 saturated carbocycles. The third kappa shape index (κ3) is 6.52. The summed E-state index contributed by atoms with van der Waals surface area (Å²) in [5, 5.41) is 3.25. The fourth-order valence-electron chi connectivity index (χ4n) is 2.73. The molecule has 0 aliphatic rings. The Kier molecular flexibility index (Phi) is 7.80. The number of amides is 1. The van der Waals surface area contributed by atoms with E-state index in [0.29, 0.717) is 5.02 Å². The van der Waals surface area contributed by atoms with Gasteiger partial charge in [-0.3, -0.25) is 9.10 Å². The van der Waals surface area contributed by atoms with Crippen LogP contribution in [0, 0.1) is 0 Å². The number of benzene rings is 2. The van der Waals surface area contributed by atoms with Gasteiger partial charge in [0.05, 0.1) is 23.1 Å². The van der Waals surface area contributed by atoms with E-state index in [1.165, 1.54) is 19.1 Å². The third-order valence-corrected chi connectivity index (χ3v) is 5.78. The van der Waals surface area contributed by atoms with Crippen LogP contribution >= 0.6 is 23.2 Å². The molecule has 6 nitrogen and oxygen atoms in total. The zero-order valence-corrected chi connectivity index (χ0v) is 19.0. The number of nitrogens with one attached hydrogen (secondary N) is 1. The summed E-state index contributed by atoms with van der Waals surface area (Å²) >= 11 is 12.2. The Morgan fingerprint density at radius 2 is 1.72 bits per heavy atom. The molecule has 0 aromatic heterocycles. The molecule has 0 aliphatic carbocycles. The first-order valence-corrected chi connectivity index (χ1v) is 11.6. The highest BCUT2D eigenvalue weighted by Gasteiger charge is 2.30. The molecule has 0 spiro atoms. The van der Waals surface area contributed by atoms with Crippen molar-refractivity contribution in [3.8, 4) is 5.75 Å². The van der Waals surface area contributed by atoms with Gasteiger partial charge in [0, 0.05) is 11.6 Å². The number of ether oxygens (including phenoxy) is 1. The van der Waals surface area contributed by atoms with Gasteiger partial charge in [-0.25, -0.2) is 8.42 Å². The van der Waals surface area contributed by atoms with Gasteiger partial charge in [-0.15, -0.1) is 0 Å². The fourth-order valence-corrected chi connectivity index (χ4v) is 4.33. The molecule has 1 amide bonds. The van der Waals surface area contributed by atoms with Gasteiger partial charge in [0.15, 0.2) is 0 Å². The Morgan fingerprint density at radius 1 is 1.10 bits per heavy atom. The molecule has 0 fully saturated rings. The molecule has 2 aromatic carbocycles. The highest BCUT2D eigenvalue weighted by molar-refractivity contribution is 7.92. The number of nitrogens with zero attached hydrogens (tertiary/aromatic N) is 1. The third-order valence-electron chi connectivity index (χ3n) is 4.00. The van der Waals surface area contributed by atoms with Crippen LogP contribution in [0.15, 0.2) is 42.5 Å². The van der Waals surface area contributed by atoms with Crippen LogP contribution in [0.1, 0.15) is 26.3 Å². The van der Waals surface area contributed by atoms with Crippen molar-refractivity contribution in [1.29, 1.82) is 0 Å². The Balaban J connectivity index is 2.14. The highest BCUT2D eigenvalue weighted by Crippen LogP contribution is 2.32. The molecule has 1 N–H and O–H groups in total. The van der Waals surface area contributed by atoms with Crippen LogP contribution in [-0.4, -0.2) is 32.7 Å². The zero-order chi connectivity index (χ0) is 21.8. The maximum Gasteiger partial charge on any atom is 0.243 e. The Hall–Kier alpha value is -1.96. The van der Waals surface area contributed by atoms with Gasteiger partial charge in [-0.1, -0.05) is 35.3 Å². The Morgan fingerprint density at radius 3 is 2.28 bits per heavy atom. The lowest BCUT2D eigenvalue weighted by molar-refractivity contribution is -0.122. The number of sulfonamides is 1. The number of anilines is 1. The largest absolute Gasteiger partial charge is 0.491 e. The van der Waals surface area contributed by atoms with Gasteiger partial charge in [-0.05, 0) is 56.7 Å². The summed E-state index contributed by atoms with van der Waals surface area (Å²) in [6.45, 7) is 5.61. The Labute approximate surface area is 181 Å². The molecule has 2 aromatic rings. The van der Waals surface area contributed by atoms with Gasteiger partial charge in [0.1, 0.15) is 11.8 Å². The van der Waals surface area contributed by atoms with Crippen molar-refractivity contribution in [2.24, 2.45) is 0 Å². The number of carbonyl (C=O) groups is 1. The summed E-state index contributed by atoms with van der Waals surface area (Å²) < 4.78 is 31.3. The molecule has 0 saturated heterocycles. The second kappa shape index (κ2) is 9.69. The minimum absolute atomic E-state index is 0.0710. The fraction of sp³-hybridized carbons (Fsp3) is 0.350. The average molecular weight is 459 g/mol. The second-order valence-electron chi connectivity index (χ2n) is 6.86. The SMILES string of the molecule is CC(C)Oc1ccc(CNC(=O)[C@H](C)N(c2cc(Cl)ccc2Cl)S(C)(=O)=O)cc1. The van der Waals surface area contributed by atoms with Crippen molar-refractivity contribution in [1.82, 2.24) is 5.32 Å². The van der Waals surface area contributed by atoms with E-state index in [-0.39, 0.29) is 23.4 Å². The molecule has 2 rings (SSSR count). The molecule has 0 aliphatic heterocycles. The van der Waals surface area contributed by atoms with Gasteiger partial charge < -0.3 is 10.1 Å². The first-order chi connectivity index (χ1) is 13.5. The summed E-state index contributed by atoms with van der Waals surface area (Å²) in [5.74, 6) is 0.274. The number of rotatable bonds is 8. The molecule has 0 heterocycles. The lowest BCUT2D eigenvalue weighted by Crippen LogP contribution is -2.47. The molecule has 0 bridgehead atoms. The summed E-state index contributed by atoms with van der Waals surface area (Å²) in [4.78, 5) is 12.7. The normalized spacial score (nSPS) is 12.5. The van der Waals surface area contributed by atoms with Crippen molar-refractivity contribution >= 4 is 44.8 Å². The summed E-state index contributed by atoms with van der Waals surface area (Å²) in [7, 11) is -3.79. The summed E-state index contributed by atoms with van der Waals surface area (Å²) in [6, 6.07) is 10.7. The van der Waals surface area contributed by atoms with Crippen LogP contribution in [0.4, 0.5) is 5.69 Å². The predicted octanol–water partition coefficient (Wildman–Crippen LogP) is 4.25. The van der Waals surface area contributed by atoms with Crippen molar-refractivity contribution in [3.63, 3.8) is 0 Å². The number of carbonyl (C=O) groups excluding carboxylic acids is 1. The lowest BCUT2D eigenvalue weighted by Gasteiger charge is -2.29. The molecule has 158 valence electrons. The number of hydrogen-bond acceptors (Lipinski definition) is 4. The van der Waals surface area contributed by atoms with E-state index in [4.69, 9.17) is 27.9 Å². The molecular weight excluding hydrogens is 435 g/mol. The molecule has 29 heavy (non-hydrogen) atoms. The van der Waals surface area contributed by atoms with Crippen molar-refractivity contribution in [3.05, 3.63) is 58.1 Å². The van der Waals surface area contributed by atoms with Crippen LogP contribution in [0.2, 0.25) is 10.0 Å². The van der Waals surface area contributed by atoms with Crippen molar-refractivity contribution in [2.45, 2.75) is 39.5 Å². The molecule has 0 unspecified atom stereocenters. The summed E-state index contributed by atoms with van der Waals surface area (Å²) in [6.07, 6.45) is 1.09. The monoisotopic (exact) mass is 458 g/mol. The van der Waals surface area contributed by atoms with Gasteiger partial charge in [0.25, 0.3) is 0 Å². The van der Waals surface area contributed by atoms with Gasteiger partial charge in [0.2, 0.25) is 15.9 Å². The van der Waals surface area contributed by atoms with E-state index in [9.17, 15) is 13.2 Å². The van der Waals surface area contributed by atoms with Crippen LogP contribution in [0.25, 0.3) is 0 Å². The Bertz CT molecular complexity index is 963. The van der Waals surface area contributed by atoms with Crippen LogP contribution in [0.5, 0.6) is 5.75 Å². The number of halogens is 2. The molecule has 0 radical (unpaired) electrons. The predicted molar refractivity (Wildman–Crippen MR) is 117 cm³/mol. The molecular formula is C20H24Cl2N2O4S. The lowest BCUT2D eigenvalue weighted by atomic mass is 10.2. The maximum absolute atomic E-state index is 12.7. The smallest absolute Gasteiger partial charge is 0.243 e. The quantitative estimate of drug-likeness (QED) is 0.641. The van der Waals surface area contributed by atoms with E-state index < -0.39 is 22.0 Å². The van der Waals surface area contributed by atoms with E-state index in [2.05, 4.69) is 5.32 Å².